The van der Waals surface area contributed by atoms with Crippen LogP contribution in [0.15, 0.2) is 24.3 Å². The summed E-state index contributed by atoms with van der Waals surface area (Å²) in [5, 5.41) is 1.87. The molecule has 1 aromatic carbocycles. The molecule has 0 radical (unpaired) electrons. The summed E-state index contributed by atoms with van der Waals surface area (Å²) < 4.78 is 0. The van der Waals surface area contributed by atoms with E-state index in [1.54, 1.807) is 0 Å². The van der Waals surface area contributed by atoms with Gasteiger partial charge in [0.05, 0.1) is 0 Å². The molecule has 0 fully saturated rings. The summed E-state index contributed by atoms with van der Waals surface area (Å²) in [5.41, 5.74) is 1.41. The molecule has 2 heteroatoms. The molecule has 0 amide bonds. The molecule has 0 nitrogen and oxygen atoms in total. The molecule has 0 saturated carbocycles. The fraction of sp³-hybridized carbons (Fsp3) is 0.647. The van der Waals surface area contributed by atoms with Crippen LogP contribution in [0.4, 0.5) is 0 Å². The molecule has 0 aliphatic heterocycles. The average molecular weight is 346 g/mol. The Kier molecular flexibility index (Phi) is 9.63. The Morgan fingerprint density at radius 1 is 0.947 bits per heavy atom. The van der Waals surface area contributed by atoms with E-state index in [0.29, 0.717) is 5.92 Å². The first kappa shape index (κ1) is 17.0. The number of unbranched alkanes of at least 4 members (excludes halogenated alkanes) is 6. The zero-order valence-electron chi connectivity index (χ0n) is 12.0. The monoisotopic (exact) mass is 344 g/mol. The fourth-order valence-corrected chi connectivity index (χ4v) is 3.24. The highest BCUT2D eigenvalue weighted by Crippen LogP contribution is 2.26. The van der Waals surface area contributed by atoms with Gasteiger partial charge in [-0.05, 0) is 30.0 Å². The first-order valence-corrected chi connectivity index (χ1v) is 9.09. The molecule has 0 aliphatic carbocycles. The van der Waals surface area contributed by atoms with Crippen LogP contribution in [0.1, 0.15) is 69.8 Å². The third-order valence-corrected chi connectivity index (χ3v) is 4.72. The Morgan fingerprint density at radius 2 is 1.53 bits per heavy atom. The summed E-state index contributed by atoms with van der Waals surface area (Å²) in [4.78, 5) is 0. The van der Waals surface area contributed by atoms with E-state index < -0.39 is 0 Å². The summed E-state index contributed by atoms with van der Waals surface area (Å²) in [6.45, 7) is 2.27. The van der Waals surface area contributed by atoms with Gasteiger partial charge in [-0.25, -0.2) is 0 Å². The highest BCUT2D eigenvalue weighted by molar-refractivity contribution is 9.09. The van der Waals surface area contributed by atoms with Crippen LogP contribution in [0.25, 0.3) is 0 Å². The first-order chi connectivity index (χ1) is 9.27. The molecule has 0 heterocycles. The molecule has 0 saturated heterocycles. The number of hydrogen-bond donors (Lipinski definition) is 0. The Labute approximate surface area is 132 Å². The summed E-state index contributed by atoms with van der Waals surface area (Å²) >= 11 is 9.58. The van der Waals surface area contributed by atoms with Gasteiger partial charge >= 0.3 is 0 Å². The van der Waals surface area contributed by atoms with Gasteiger partial charge in [0.25, 0.3) is 0 Å². The Morgan fingerprint density at radius 3 is 2.11 bits per heavy atom. The molecule has 1 atom stereocenters. The second-order valence-electron chi connectivity index (χ2n) is 5.31. The van der Waals surface area contributed by atoms with Crippen LogP contribution in [0.2, 0.25) is 5.02 Å². The maximum atomic E-state index is 5.94. The molecule has 108 valence electrons. The third kappa shape index (κ3) is 7.37. The van der Waals surface area contributed by atoms with E-state index in [-0.39, 0.29) is 0 Å². The largest absolute Gasteiger partial charge is 0.0921 e. The lowest BCUT2D eigenvalue weighted by atomic mass is 9.94. The summed E-state index contributed by atoms with van der Waals surface area (Å²) in [6, 6.07) is 8.32. The van der Waals surface area contributed by atoms with Crippen molar-refractivity contribution in [2.24, 2.45) is 0 Å². The standard InChI is InChI=1S/C17H26BrCl/c1-2-3-4-5-6-7-8-9-16(14-18)15-10-12-17(19)13-11-15/h10-13,16H,2-9,14H2,1H3. The molecular formula is C17H26BrCl. The lowest BCUT2D eigenvalue weighted by molar-refractivity contribution is 0.553. The lowest BCUT2D eigenvalue weighted by Gasteiger charge is -2.14. The number of rotatable bonds is 10. The topological polar surface area (TPSA) is 0 Å². The number of alkyl halides is 1. The number of hydrogen-bond acceptors (Lipinski definition) is 0. The predicted molar refractivity (Wildman–Crippen MR) is 90.6 cm³/mol. The van der Waals surface area contributed by atoms with Crippen LogP contribution >= 0.6 is 27.5 Å². The zero-order chi connectivity index (χ0) is 13.9. The van der Waals surface area contributed by atoms with E-state index in [9.17, 15) is 0 Å². The fourth-order valence-electron chi connectivity index (χ4n) is 2.42. The van der Waals surface area contributed by atoms with Gasteiger partial charge in [-0.2, -0.15) is 0 Å². The molecule has 1 unspecified atom stereocenters. The van der Waals surface area contributed by atoms with Gasteiger partial charge in [0, 0.05) is 10.4 Å². The van der Waals surface area contributed by atoms with E-state index in [0.717, 1.165) is 10.4 Å². The molecular weight excluding hydrogens is 320 g/mol. The van der Waals surface area contributed by atoms with Crippen LogP contribution in [-0.4, -0.2) is 5.33 Å². The Balaban J connectivity index is 2.20. The highest BCUT2D eigenvalue weighted by atomic mass is 79.9. The van der Waals surface area contributed by atoms with Crippen molar-refractivity contribution in [3.8, 4) is 0 Å². The summed E-state index contributed by atoms with van der Waals surface area (Å²) in [6.07, 6.45) is 10.9. The van der Waals surface area contributed by atoms with Crippen molar-refractivity contribution in [3.05, 3.63) is 34.9 Å². The molecule has 0 bridgehead atoms. The number of halogens is 2. The van der Waals surface area contributed by atoms with Crippen molar-refractivity contribution >= 4 is 27.5 Å². The number of benzene rings is 1. The summed E-state index contributed by atoms with van der Waals surface area (Å²) in [7, 11) is 0. The van der Waals surface area contributed by atoms with Crippen LogP contribution in [-0.2, 0) is 0 Å². The minimum Gasteiger partial charge on any atom is -0.0921 e. The van der Waals surface area contributed by atoms with Crippen molar-refractivity contribution in [1.29, 1.82) is 0 Å². The lowest BCUT2D eigenvalue weighted by Crippen LogP contribution is -2.00. The van der Waals surface area contributed by atoms with Crippen LogP contribution in [0.3, 0.4) is 0 Å². The Bertz CT molecular complexity index is 321. The van der Waals surface area contributed by atoms with Gasteiger partial charge in [-0.1, -0.05) is 91.5 Å². The van der Waals surface area contributed by atoms with Gasteiger partial charge < -0.3 is 0 Å². The van der Waals surface area contributed by atoms with Crippen molar-refractivity contribution in [1.82, 2.24) is 0 Å². The van der Waals surface area contributed by atoms with Crippen molar-refractivity contribution < 1.29 is 0 Å². The molecule has 0 aliphatic rings. The first-order valence-electron chi connectivity index (χ1n) is 7.59. The van der Waals surface area contributed by atoms with Crippen molar-refractivity contribution in [3.63, 3.8) is 0 Å². The average Bonchev–Trinajstić information content (AvgIpc) is 2.43. The molecule has 1 rings (SSSR count). The van der Waals surface area contributed by atoms with E-state index in [2.05, 4.69) is 35.0 Å². The maximum absolute atomic E-state index is 5.94. The molecule has 1 aromatic rings. The van der Waals surface area contributed by atoms with Crippen LogP contribution in [0, 0.1) is 0 Å². The predicted octanol–water partition coefficient (Wildman–Crippen LogP) is 6.96. The smallest absolute Gasteiger partial charge is 0.0406 e. The van der Waals surface area contributed by atoms with Gasteiger partial charge in [0.15, 0.2) is 0 Å². The van der Waals surface area contributed by atoms with Crippen molar-refractivity contribution in [2.45, 2.75) is 64.2 Å². The van der Waals surface area contributed by atoms with Gasteiger partial charge in [0.1, 0.15) is 0 Å². The second kappa shape index (κ2) is 10.7. The normalized spacial score (nSPS) is 12.6. The zero-order valence-corrected chi connectivity index (χ0v) is 14.3. The minimum atomic E-state index is 0.632. The van der Waals surface area contributed by atoms with Gasteiger partial charge in [0.2, 0.25) is 0 Å². The van der Waals surface area contributed by atoms with Crippen LogP contribution < -0.4 is 0 Å². The minimum absolute atomic E-state index is 0.632. The van der Waals surface area contributed by atoms with Gasteiger partial charge in [-0.15, -0.1) is 0 Å². The highest BCUT2D eigenvalue weighted by Gasteiger charge is 2.09. The quantitative estimate of drug-likeness (QED) is 0.317. The second-order valence-corrected chi connectivity index (χ2v) is 6.40. The van der Waals surface area contributed by atoms with E-state index >= 15 is 0 Å². The molecule has 0 spiro atoms. The SMILES string of the molecule is CCCCCCCCCC(CBr)c1ccc(Cl)cc1. The Hall–Kier alpha value is -0.0100. The molecule has 0 aromatic heterocycles. The maximum Gasteiger partial charge on any atom is 0.0406 e. The van der Waals surface area contributed by atoms with Crippen LogP contribution in [0.5, 0.6) is 0 Å². The van der Waals surface area contributed by atoms with E-state index in [1.165, 1.54) is 56.9 Å². The van der Waals surface area contributed by atoms with E-state index in [4.69, 9.17) is 11.6 Å². The third-order valence-electron chi connectivity index (χ3n) is 3.68. The molecule has 0 N–H and O–H groups in total. The molecule has 19 heavy (non-hydrogen) atoms. The van der Waals surface area contributed by atoms with Gasteiger partial charge in [-0.3, -0.25) is 0 Å². The van der Waals surface area contributed by atoms with E-state index in [1.807, 2.05) is 12.1 Å². The summed E-state index contributed by atoms with van der Waals surface area (Å²) in [5.74, 6) is 0.632. The van der Waals surface area contributed by atoms with Crippen molar-refractivity contribution in [2.75, 3.05) is 5.33 Å².